The lowest BCUT2D eigenvalue weighted by atomic mass is 9.96. The van der Waals surface area contributed by atoms with Gasteiger partial charge >= 0.3 is 6.09 Å². The maximum absolute atomic E-state index is 13.3. The molecule has 0 aromatic heterocycles. The molecule has 2 atom stereocenters. The van der Waals surface area contributed by atoms with Crippen LogP contribution in [0.2, 0.25) is 0 Å². The molecule has 1 aromatic rings. The Labute approximate surface area is 128 Å². The molecule has 1 saturated heterocycles. The van der Waals surface area contributed by atoms with Crippen molar-refractivity contribution in [3.8, 4) is 6.07 Å². The molecule has 118 valence electrons. The first-order chi connectivity index (χ1) is 10.2. The average Bonchev–Trinajstić information content (AvgIpc) is 2.79. The fourth-order valence-electron chi connectivity index (χ4n) is 2.53. The van der Waals surface area contributed by atoms with Crippen molar-refractivity contribution >= 4 is 6.09 Å². The van der Waals surface area contributed by atoms with Crippen LogP contribution < -0.4 is 0 Å². The van der Waals surface area contributed by atoms with E-state index in [0.29, 0.717) is 12.0 Å². The second-order valence-corrected chi connectivity index (χ2v) is 6.41. The highest BCUT2D eigenvalue weighted by atomic mass is 19.1. The average molecular weight is 308 g/mol. The largest absolute Gasteiger partial charge is 0.444 e. The van der Waals surface area contributed by atoms with Gasteiger partial charge in [-0.2, -0.15) is 5.26 Å². The maximum Gasteiger partial charge on any atom is 0.411 e. The maximum atomic E-state index is 13.3. The van der Waals surface area contributed by atoms with E-state index in [9.17, 15) is 18.8 Å². The van der Waals surface area contributed by atoms with E-state index in [1.165, 1.54) is 17.0 Å². The summed E-state index contributed by atoms with van der Waals surface area (Å²) in [5, 5.41) is 9.21. The number of likely N-dealkylation sites (tertiary alicyclic amines) is 1. The zero-order valence-corrected chi connectivity index (χ0v) is 12.8. The van der Waals surface area contributed by atoms with Crippen LogP contribution in [0, 0.1) is 23.0 Å². The van der Waals surface area contributed by atoms with Crippen LogP contribution in [0.4, 0.5) is 13.6 Å². The third-order valence-corrected chi connectivity index (χ3v) is 3.43. The summed E-state index contributed by atoms with van der Waals surface area (Å²) in [5.41, 5.74) is -0.219. The second-order valence-electron chi connectivity index (χ2n) is 6.41. The van der Waals surface area contributed by atoms with Crippen LogP contribution in [0.15, 0.2) is 18.2 Å². The number of rotatable bonds is 1. The van der Waals surface area contributed by atoms with E-state index >= 15 is 0 Å². The predicted molar refractivity (Wildman–Crippen MR) is 76.1 cm³/mol. The third-order valence-electron chi connectivity index (χ3n) is 3.43. The van der Waals surface area contributed by atoms with Gasteiger partial charge in [-0.25, -0.2) is 13.6 Å². The molecule has 0 aliphatic carbocycles. The van der Waals surface area contributed by atoms with Gasteiger partial charge in [-0.05, 0) is 44.9 Å². The van der Waals surface area contributed by atoms with Gasteiger partial charge in [0, 0.05) is 18.5 Å². The van der Waals surface area contributed by atoms with E-state index in [0.717, 1.165) is 6.07 Å². The van der Waals surface area contributed by atoms with E-state index in [1.54, 1.807) is 20.8 Å². The first-order valence-corrected chi connectivity index (χ1v) is 7.05. The van der Waals surface area contributed by atoms with Gasteiger partial charge in [0.25, 0.3) is 0 Å². The fraction of sp³-hybridized carbons (Fsp3) is 0.500. The first kappa shape index (κ1) is 16.2. The highest BCUT2D eigenvalue weighted by Crippen LogP contribution is 2.33. The Balaban J connectivity index is 2.19. The summed E-state index contributed by atoms with van der Waals surface area (Å²) in [5.74, 6) is -1.62. The van der Waals surface area contributed by atoms with Crippen LogP contribution in [0.1, 0.15) is 38.7 Å². The third kappa shape index (κ3) is 3.73. The summed E-state index contributed by atoms with van der Waals surface area (Å²) >= 11 is 0. The smallest absolute Gasteiger partial charge is 0.411 e. The monoisotopic (exact) mass is 308 g/mol. The number of amides is 1. The summed E-state index contributed by atoms with van der Waals surface area (Å²) < 4.78 is 31.9. The van der Waals surface area contributed by atoms with E-state index in [4.69, 9.17) is 4.74 Å². The molecule has 0 spiro atoms. The van der Waals surface area contributed by atoms with E-state index in [-0.39, 0.29) is 12.5 Å². The Morgan fingerprint density at radius 3 is 2.41 bits per heavy atom. The lowest BCUT2D eigenvalue weighted by molar-refractivity contribution is 0.0257. The Hall–Kier alpha value is -2.16. The van der Waals surface area contributed by atoms with Crippen molar-refractivity contribution in [1.82, 2.24) is 4.90 Å². The molecule has 2 unspecified atom stereocenters. The lowest BCUT2D eigenvalue weighted by Crippen LogP contribution is -2.39. The van der Waals surface area contributed by atoms with Crippen LogP contribution in [0.3, 0.4) is 0 Å². The number of ether oxygens (including phenoxy) is 1. The molecule has 0 saturated carbocycles. The van der Waals surface area contributed by atoms with Gasteiger partial charge in [0.15, 0.2) is 0 Å². The normalized spacial score (nSPS) is 21.5. The topological polar surface area (TPSA) is 53.3 Å². The van der Waals surface area contributed by atoms with Crippen LogP contribution in [0.5, 0.6) is 0 Å². The molecule has 6 heteroatoms. The van der Waals surface area contributed by atoms with Gasteiger partial charge < -0.3 is 4.74 Å². The molecule has 1 amide bonds. The SMILES string of the molecule is CC(C)(C)OC(=O)N1CC(c2cc(F)cc(F)c2)CC1C#N. The van der Waals surface area contributed by atoms with Gasteiger partial charge in [-0.3, -0.25) is 4.90 Å². The highest BCUT2D eigenvalue weighted by Gasteiger charge is 2.38. The molecule has 1 aliphatic rings. The van der Waals surface area contributed by atoms with Gasteiger partial charge in [0.05, 0.1) is 6.07 Å². The number of carbonyl (C=O) groups excluding carboxylic acids is 1. The summed E-state index contributed by atoms with van der Waals surface area (Å²) in [6.07, 6.45) is -0.253. The van der Waals surface area contributed by atoms with Crippen molar-refractivity contribution in [2.24, 2.45) is 0 Å². The van der Waals surface area contributed by atoms with Gasteiger partial charge in [0.2, 0.25) is 0 Å². The molecular weight excluding hydrogens is 290 g/mol. The van der Waals surface area contributed by atoms with Crippen molar-refractivity contribution in [2.45, 2.75) is 44.8 Å². The van der Waals surface area contributed by atoms with E-state index < -0.39 is 29.4 Å². The molecule has 0 bridgehead atoms. The summed E-state index contributed by atoms with van der Waals surface area (Å²) in [4.78, 5) is 13.5. The van der Waals surface area contributed by atoms with Crippen molar-refractivity contribution in [1.29, 1.82) is 5.26 Å². The van der Waals surface area contributed by atoms with Crippen LogP contribution in [0.25, 0.3) is 0 Å². The number of nitrogens with zero attached hydrogens (tertiary/aromatic N) is 2. The molecule has 1 heterocycles. The van der Waals surface area contributed by atoms with Crippen molar-refractivity contribution < 1.29 is 18.3 Å². The van der Waals surface area contributed by atoms with Crippen LogP contribution in [-0.2, 0) is 4.74 Å². The fourth-order valence-corrected chi connectivity index (χ4v) is 2.53. The molecule has 22 heavy (non-hydrogen) atoms. The van der Waals surface area contributed by atoms with Crippen molar-refractivity contribution in [3.63, 3.8) is 0 Å². The number of carbonyl (C=O) groups is 1. The zero-order chi connectivity index (χ0) is 16.5. The minimum atomic E-state index is -0.667. The first-order valence-electron chi connectivity index (χ1n) is 7.05. The van der Waals surface area contributed by atoms with Crippen molar-refractivity contribution in [3.05, 3.63) is 35.4 Å². The standard InChI is InChI=1S/C16H18F2N2O2/c1-16(2,3)22-15(21)20-9-11(6-14(20)8-19)10-4-12(17)7-13(18)5-10/h4-5,7,11,14H,6,9H2,1-3H3. The Morgan fingerprint density at radius 2 is 1.91 bits per heavy atom. The predicted octanol–water partition coefficient (Wildman–Crippen LogP) is 3.58. The van der Waals surface area contributed by atoms with Crippen LogP contribution in [-0.4, -0.2) is 29.2 Å². The molecule has 0 radical (unpaired) electrons. The molecule has 2 rings (SSSR count). The van der Waals surface area contributed by atoms with Gasteiger partial charge in [0.1, 0.15) is 23.3 Å². The Kier molecular flexibility index (Phi) is 4.36. The number of hydrogen-bond acceptors (Lipinski definition) is 3. The Bertz CT molecular complexity index is 599. The zero-order valence-electron chi connectivity index (χ0n) is 12.8. The molecule has 1 fully saturated rings. The number of halogens is 2. The number of hydrogen-bond donors (Lipinski definition) is 0. The molecule has 1 aromatic carbocycles. The highest BCUT2D eigenvalue weighted by molar-refractivity contribution is 5.69. The molecule has 4 nitrogen and oxygen atoms in total. The van der Waals surface area contributed by atoms with Gasteiger partial charge in [-0.15, -0.1) is 0 Å². The number of nitriles is 1. The van der Waals surface area contributed by atoms with Crippen LogP contribution >= 0.6 is 0 Å². The molecular formula is C16H18F2N2O2. The van der Waals surface area contributed by atoms with E-state index in [2.05, 4.69) is 0 Å². The summed E-state index contributed by atoms with van der Waals surface area (Å²) in [7, 11) is 0. The van der Waals surface area contributed by atoms with E-state index in [1.807, 2.05) is 6.07 Å². The minimum absolute atomic E-state index is 0.204. The minimum Gasteiger partial charge on any atom is -0.444 e. The summed E-state index contributed by atoms with van der Waals surface area (Å²) in [6.45, 7) is 5.42. The van der Waals surface area contributed by atoms with Crippen molar-refractivity contribution in [2.75, 3.05) is 6.54 Å². The lowest BCUT2D eigenvalue weighted by Gasteiger charge is -2.26. The Morgan fingerprint density at radius 1 is 1.32 bits per heavy atom. The van der Waals surface area contributed by atoms with Gasteiger partial charge in [-0.1, -0.05) is 0 Å². The molecule has 1 aliphatic heterocycles. The summed E-state index contributed by atoms with van der Waals surface area (Å²) in [6, 6.07) is 4.66. The number of benzene rings is 1. The molecule has 0 N–H and O–H groups in total. The second kappa shape index (κ2) is 5.91. The quantitative estimate of drug-likeness (QED) is 0.797.